The Hall–Kier alpha value is -2.85. The first-order valence-electron chi connectivity index (χ1n) is 12.5. The SMILES string of the molecule is CCOC(=O)c1cc(CC)sc1NC(=O)CSc1nnc(C(C)Oc2ccc(C(C)(C)C)cc2)n1CC. The van der Waals surface area contributed by atoms with Gasteiger partial charge in [-0.2, -0.15) is 0 Å². The Morgan fingerprint density at radius 3 is 2.43 bits per heavy atom. The van der Waals surface area contributed by atoms with Crippen molar-refractivity contribution in [3.63, 3.8) is 0 Å². The zero-order chi connectivity index (χ0) is 27.2. The van der Waals surface area contributed by atoms with Crippen LogP contribution in [0.2, 0.25) is 0 Å². The third-order valence-electron chi connectivity index (χ3n) is 5.67. The Bertz CT molecular complexity index is 1210. The summed E-state index contributed by atoms with van der Waals surface area (Å²) in [6.07, 6.45) is 0.451. The first-order chi connectivity index (χ1) is 17.6. The van der Waals surface area contributed by atoms with Crippen LogP contribution in [0, 0.1) is 0 Å². The third-order valence-corrected chi connectivity index (χ3v) is 7.83. The minimum absolute atomic E-state index is 0.0765. The van der Waals surface area contributed by atoms with Crippen LogP contribution in [0.5, 0.6) is 5.75 Å². The molecule has 0 aliphatic carbocycles. The molecule has 1 atom stereocenters. The summed E-state index contributed by atoms with van der Waals surface area (Å²) in [6.45, 7) is 15.2. The molecule has 8 nitrogen and oxygen atoms in total. The third kappa shape index (κ3) is 7.35. The number of thioether (sulfide) groups is 1. The average Bonchev–Trinajstić information content (AvgIpc) is 3.46. The number of hydrogen-bond acceptors (Lipinski definition) is 8. The number of esters is 1. The van der Waals surface area contributed by atoms with Gasteiger partial charge in [0.15, 0.2) is 17.1 Å². The minimum atomic E-state index is -0.432. The maximum absolute atomic E-state index is 12.7. The van der Waals surface area contributed by atoms with E-state index >= 15 is 0 Å². The second kappa shape index (κ2) is 12.6. The molecule has 1 aromatic carbocycles. The molecule has 0 saturated carbocycles. The van der Waals surface area contributed by atoms with Gasteiger partial charge in [0.25, 0.3) is 0 Å². The molecule has 1 N–H and O–H groups in total. The van der Waals surface area contributed by atoms with Gasteiger partial charge in [-0.15, -0.1) is 21.5 Å². The zero-order valence-electron chi connectivity index (χ0n) is 22.6. The second-order valence-corrected chi connectivity index (χ2v) is 11.6. The molecule has 3 aromatic rings. The van der Waals surface area contributed by atoms with Gasteiger partial charge in [0.2, 0.25) is 5.91 Å². The summed E-state index contributed by atoms with van der Waals surface area (Å²) in [6, 6.07) is 9.89. The number of carbonyl (C=O) groups is 2. The lowest BCUT2D eigenvalue weighted by molar-refractivity contribution is -0.113. The summed E-state index contributed by atoms with van der Waals surface area (Å²) in [5.41, 5.74) is 1.71. The fraction of sp³-hybridized carbons (Fsp3) is 0.481. The van der Waals surface area contributed by atoms with E-state index in [-0.39, 0.29) is 29.8 Å². The van der Waals surface area contributed by atoms with Crippen LogP contribution in [0.4, 0.5) is 5.00 Å². The minimum Gasteiger partial charge on any atom is -0.483 e. The van der Waals surface area contributed by atoms with E-state index in [1.165, 1.54) is 28.7 Å². The van der Waals surface area contributed by atoms with E-state index in [9.17, 15) is 9.59 Å². The number of aromatic nitrogens is 3. The molecule has 0 aliphatic rings. The van der Waals surface area contributed by atoms with E-state index in [0.717, 1.165) is 17.0 Å². The van der Waals surface area contributed by atoms with Crippen molar-refractivity contribution >= 4 is 40.0 Å². The Balaban J connectivity index is 1.65. The quantitative estimate of drug-likeness (QED) is 0.225. The highest BCUT2D eigenvalue weighted by Crippen LogP contribution is 2.31. The topological polar surface area (TPSA) is 95.3 Å². The van der Waals surface area contributed by atoms with Crippen molar-refractivity contribution in [3.05, 3.63) is 52.2 Å². The summed E-state index contributed by atoms with van der Waals surface area (Å²) < 4.78 is 13.2. The molecule has 1 amide bonds. The van der Waals surface area contributed by atoms with Crippen molar-refractivity contribution in [1.29, 1.82) is 0 Å². The van der Waals surface area contributed by atoms with Crippen molar-refractivity contribution in [2.24, 2.45) is 0 Å². The van der Waals surface area contributed by atoms with Crippen LogP contribution >= 0.6 is 23.1 Å². The van der Waals surface area contributed by atoms with E-state index in [1.54, 1.807) is 13.0 Å². The molecule has 1 unspecified atom stereocenters. The molecule has 0 radical (unpaired) electrons. The number of aryl methyl sites for hydroxylation is 1. The van der Waals surface area contributed by atoms with E-state index in [2.05, 4.69) is 48.4 Å². The number of carbonyl (C=O) groups excluding carboxylic acids is 2. The first kappa shape index (κ1) is 28.7. The maximum atomic E-state index is 12.7. The number of nitrogens with one attached hydrogen (secondary N) is 1. The van der Waals surface area contributed by atoms with Crippen LogP contribution in [0.15, 0.2) is 35.5 Å². The highest BCUT2D eigenvalue weighted by atomic mass is 32.2. The summed E-state index contributed by atoms with van der Waals surface area (Å²) in [4.78, 5) is 26.0. The second-order valence-electron chi connectivity index (χ2n) is 9.49. The Kier molecular flexibility index (Phi) is 9.78. The lowest BCUT2D eigenvalue weighted by Gasteiger charge is -2.20. The van der Waals surface area contributed by atoms with Crippen molar-refractivity contribution in [2.45, 2.75) is 78.1 Å². The Morgan fingerprint density at radius 2 is 1.84 bits per heavy atom. The van der Waals surface area contributed by atoms with Gasteiger partial charge in [-0.25, -0.2) is 4.79 Å². The number of nitrogens with zero attached hydrogens (tertiary/aromatic N) is 3. The van der Waals surface area contributed by atoms with E-state index in [1.807, 2.05) is 37.5 Å². The Morgan fingerprint density at radius 1 is 1.14 bits per heavy atom. The molecule has 3 rings (SSSR count). The molecule has 0 spiro atoms. The molecule has 200 valence electrons. The fourth-order valence-electron chi connectivity index (χ4n) is 3.66. The summed E-state index contributed by atoms with van der Waals surface area (Å²) in [5, 5.41) is 12.7. The van der Waals surface area contributed by atoms with Gasteiger partial charge in [-0.3, -0.25) is 4.79 Å². The molecule has 37 heavy (non-hydrogen) atoms. The number of ether oxygens (including phenoxy) is 2. The Labute approximate surface area is 227 Å². The monoisotopic (exact) mass is 544 g/mol. The average molecular weight is 545 g/mol. The molecule has 0 bridgehead atoms. The predicted molar refractivity (Wildman–Crippen MR) is 149 cm³/mol. The summed E-state index contributed by atoms with van der Waals surface area (Å²) in [7, 11) is 0. The van der Waals surface area contributed by atoms with Gasteiger partial charge in [-0.05, 0) is 56.4 Å². The zero-order valence-corrected chi connectivity index (χ0v) is 24.2. The van der Waals surface area contributed by atoms with Crippen LogP contribution in [0.25, 0.3) is 0 Å². The van der Waals surface area contributed by atoms with Gasteiger partial charge >= 0.3 is 5.97 Å². The van der Waals surface area contributed by atoms with Gasteiger partial charge < -0.3 is 19.4 Å². The molecule has 0 saturated heterocycles. The van der Waals surface area contributed by atoms with Crippen molar-refractivity contribution in [2.75, 3.05) is 17.7 Å². The molecular weight excluding hydrogens is 508 g/mol. The highest BCUT2D eigenvalue weighted by Gasteiger charge is 2.22. The van der Waals surface area contributed by atoms with Crippen LogP contribution in [0.3, 0.4) is 0 Å². The van der Waals surface area contributed by atoms with Gasteiger partial charge in [0.1, 0.15) is 10.8 Å². The van der Waals surface area contributed by atoms with Crippen LogP contribution in [-0.4, -0.2) is 39.0 Å². The van der Waals surface area contributed by atoms with E-state index in [0.29, 0.717) is 28.1 Å². The van der Waals surface area contributed by atoms with Gasteiger partial charge in [0.05, 0.1) is 17.9 Å². The molecule has 2 aromatic heterocycles. The lowest BCUT2D eigenvalue weighted by atomic mass is 9.87. The molecular formula is C27H36N4O4S2. The van der Waals surface area contributed by atoms with E-state index in [4.69, 9.17) is 9.47 Å². The summed E-state index contributed by atoms with van der Waals surface area (Å²) >= 11 is 2.69. The predicted octanol–water partition coefficient (Wildman–Crippen LogP) is 6.27. The van der Waals surface area contributed by atoms with Crippen LogP contribution < -0.4 is 10.1 Å². The van der Waals surface area contributed by atoms with Gasteiger partial charge in [-0.1, -0.05) is 51.6 Å². The molecule has 0 aliphatic heterocycles. The van der Waals surface area contributed by atoms with Crippen molar-refractivity contribution in [3.8, 4) is 5.75 Å². The number of rotatable bonds is 11. The number of benzene rings is 1. The van der Waals surface area contributed by atoms with Gasteiger partial charge in [0, 0.05) is 11.4 Å². The van der Waals surface area contributed by atoms with Crippen LogP contribution in [-0.2, 0) is 27.9 Å². The van der Waals surface area contributed by atoms with Crippen LogP contribution in [0.1, 0.15) is 81.2 Å². The first-order valence-corrected chi connectivity index (χ1v) is 14.3. The lowest BCUT2D eigenvalue weighted by Crippen LogP contribution is -2.17. The highest BCUT2D eigenvalue weighted by molar-refractivity contribution is 7.99. The van der Waals surface area contributed by atoms with E-state index < -0.39 is 5.97 Å². The molecule has 10 heteroatoms. The molecule has 2 heterocycles. The fourth-order valence-corrected chi connectivity index (χ4v) is 5.47. The smallest absolute Gasteiger partial charge is 0.341 e. The number of amides is 1. The summed E-state index contributed by atoms with van der Waals surface area (Å²) in [5.74, 6) is 0.929. The molecule has 0 fully saturated rings. The maximum Gasteiger partial charge on any atom is 0.341 e. The standard InChI is InChI=1S/C27H36N4O4S2/c1-8-20-15-21(25(33)34-10-3)24(37-20)28-22(32)16-36-26-30-29-23(31(26)9-2)17(4)35-19-13-11-18(12-14-19)27(5,6)7/h11-15,17H,8-10,16H2,1-7H3,(H,28,32). The number of anilines is 1. The number of thiophene rings is 1. The normalized spacial score (nSPS) is 12.3. The van der Waals surface area contributed by atoms with Crippen molar-refractivity contribution in [1.82, 2.24) is 14.8 Å². The van der Waals surface area contributed by atoms with Crippen molar-refractivity contribution < 1.29 is 19.1 Å². The largest absolute Gasteiger partial charge is 0.483 e. The number of hydrogen-bond donors (Lipinski definition) is 1.